The van der Waals surface area contributed by atoms with Gasteiger partial charge in [0.2, 0.25) is 11.7 Å². The predicted octanol–water partition coefficient (Wildman–Crippen LogP) is 2.55. The molecular weight excluding hydrogens is 370 g/mol. The number of carbonyl (C=O) groups is 1. The normalized spacial score (nSPS) is 13.2. The van der Waals surface area contributed by atoms with E-state index in [1.54, 1.807) is 14.2 Å². The summed E-state index contributed by atoms with van der Waals surface area (Å²) in [6, 6.07) is 15.5. The largest absolute Gasteiger partial charge is 0.497 e. The fraction of sp³-hybridized carbons (Fsp3) is 0.333. The molecule has 0 aliphatic heterocycles. The van der Waals surface area contributed by atoms with Crippen molar-refractivity contribution in [3.8, 4) is 22.9 Å². The van der Waals surface area contributed by atoms with E-state index in [1.165, 1.54) is 4.80 Å². The Bertz CT molecular complexity index is 982. The molecule has 8 nitrogen and oxygen atoms in total. The first-order valence-corrected chi connectivity index (χ1v) is 9.51. The van der Waals surface area contributed by atoms with Crippen molar-refractivity contribution in [1.29, 1.82) is 0 Å². The van der Waals surface area contributed by atoms with Gasteiger partial charge in [0.15, 0.2) is 0 Å². The molecule has 1 aliphatic carbocycles. The average Bonchev–Trinajstić information content (AvgIpc) is 3.50. The van der Waals surface area contributed by atoms with Crippen LogP contribution in [0.4, 0.5) is 0 Å². The minimum Gasteiger partial charge on any atom is -0.497 e. The maximum absolute atomic E-state index is 12.9. The van der Waals surface area contributed by atoms with Gasteiger partial charge in [-0.1, -0.05) is 24.3 Å². The Balaban J connectivity index is 1.44. The third kappa shape index (κ3) is 4.53. The second-order valence-corrected chi connectivity index (χ2v) is 6.98. The molecule has 0 spiro atoms. The Morgan fingerprint density at radius 1 is 1.10 bits per heavy atom. The Labute approximate surface area is 169 Å². The summed E-state index contributed by atoms with van der Waals surface area (Å²) in [5, 5.41) is 12.5. The molecule has 8 heteroatoms. The molecule has 0 radical (unpaired) electrons. The Hall–Kier alpha value is -3.42. The average molecular weight is 393 g/mol. The lowest BCUT2D eigenvalue weighted by atomic mass is 10.2. The van der Waals surface area contributed by atoms with E-state index in [-0.39, 0.29) is 18.5 Å². The van der Waals surface area contributed by atoms with Gasteiger partial charge in [0.05, 0.1) is 14.2 Å². The molecule has 1 fully saturated rings. The van der Waals surface area contributed by atoms with E-state index in [1.807, 2.05) is 53.4 Å². The minimum atomic E-state index is -0.0158. The molecule has 0 saturated heterocycles. The van der Waals surface area contributed by atoms with E-state index in [2.05, 4.69) is 15.4 Å². The summed E-state index contributed by atoms with van der Waals surface area (Å²) in [5.74, 6) is 1.96. The molecule has 1 aromatic heterocycles. The molecule has 150 valence electrons. The lowest BCUT2D eigenvalue weighted by molar-refractivity contribution is -0.133. The van der Waals surface area contributed by atoms with Crippen LogP contribution in [0.25, 0.3) is 11.4 Å². The topological polar surface area (TPSA) is 82.4 Å². The summed E-state index contributed by atoms with van der Waals surface area (Å²) in [4.78, 5) is 16.2. The van der Waals surface area contributed by atoms with Gasteiger partial charge in [-0.15, -0.1) is 10.2 Å². The molecule has 4 rings (SSSR count). The zero-order valence-corrected chi connectivity index (χ0v) is 16.5. The van der Waals surface area contributed by atoms with Crippen molar-refractivity contribution in [1.82, 2.24) is 25.1 Å². The van der Waals surface area contributed by atoms with E-state index in [0.717, 1.165) is 29.7 Å². The minimum absolute atomic E-state index is 0.0158. The number of benzene rings is 2. The number of methoxy groups -OCH3 is 2. The lowest BCUT2D eigenvalue weighted by Gasteiger charge is -2.22. The van der Waals surface area contributed by atoms with Crippen LogP contribution in [0.2, 0.25) is 0 Å². The zero-order valence-electron chi connectivity index (χ0n) is 16.5. The third-order valence-electron chi connectivity index (χ3n) is 4.88. The van der Waals surface area contributed by atoms with Gasteiger partial charge in [0.1, 0.15) is 18.0 Å². The molecule has 1 amide bonds. The standard InChI is InChI=1S/C21H23N5O3/c1-28-18-10-6-15(7-11-18)13-25(17-8-9-17)20(27)14-26-23-21(22-24-26)16-4-3-5-19(12-16)29-2/h3-7,10-12,17H,8-9,13-14H2,1-2H3. The quantitative estimate of drug-likeness (QED) is 0.585. The summed E-state index contributed by atoms with van der Waals surface area (Å²) >= 11 is 0. The van der Waals surface area contributed by atoms with Gasteiger partial charge < -0.3 is 14.4 Å². The summed E-state index contributed by atoms with van der Waals surface area (Å²) < 4.78 is 10.4. The number of rotatable bonds is 8. The Kier molecular flexibility index (Phi) is 5.41. The van der Waals surface area contributed by atoms with Crippen LogP contribution in [0.15, 0.2) is 48.5 Å². The second kappa shape index (κ2) is 8.30. The maximum Gasteiger partial charge on any atom is 0.246 e. The molecule has 0 unspecified atom stereocenters. The van der Waals surface area contributed by atoms with E-state index in [0.29, 0.717) is 18.1 Å². The molecule has 3 aromatic rings. The van der Waals surface area contributed by atoms with Crippen molar-refractivity contribution >= 4 is 5.91 Å². The van der Waals surface area contributed by atoms with Crippen LogP contribution in [0.3, 0.4) is 0 Å². The third-order valence-corrected chi connectivity index (χ3v) is 4.88. The summed E-state index contributed by atoms with van der Waals surface area (Å²) in [6.07, 6.45) is 2.06. The Morgan fingerprint density at radius 2 is 1.86 bits per heavy atom. The number of carbonyl (C=O) groups excluding carboxylic acids is 1. The van der Waals surface area contributed by atoms with Gasteiger partial charge in [-0.3, -0.25) is 4.79 Å². The highest BCUT2D eigenvalue weighted by atomic mass is 16.5. The molecule has 0 atom stereocenters. The van der Waals surface area contributed by atoms with E-state index < -0.39 is 0 Å². The summed E-state index contributed by atoms with van der Waals surface area (Å²) in [5.41, 5.74) is 1.86. The fourth-order valence-electron chi connectivity index (χ4n) is 3.13. The van der Waals surface area contributed by atoms with Crippen LogP contribution in [0.1, 0.15) is 18.4 Å². The predicted molar refractivity (Wildman–Crippen MR) is 106 cm³/mol. The van der Waals surface area contributed by atoms with E-state index in [9.17, 15) is 4.79 Å². The second-order valence-electron chi connectivity index (χ2n) is 6.98. The number of ether oxygens (including phenoxy) is 2. The molecule has 0 N–H and O–H groups in total. The van der Waals surface area contributed by atoms with Crippen molar-refractivity contribution in [3.63, 3.8) is 0 Å². The SMILES string of the molecule is COc1ccc(CN(C(=O)Cn2nnc(-c3cccc(OC)c3)n2)C2CC2)cc1. The van der Waals surface area contributed by atoms with Crippen LogP contribution in [-0.4, -0.2) is 51.3 Å². The molecule has 0 bridgehead atoms. The van der Waals surface area contributed by atoms with Gasteiger partial charge in [-0.05, 0) is 47.9 Å². The maximum atomic E-state index is 12.9. The van der Waals surface area contributed by atoms with Crippen molar-refractivity contribution in [3.05, 3.63) is 54.1 Å². The Morgan fingerprint density at radius 3 is 2.55 bits per heavy atom. The highest BCUT2D eigenvalue weighted by Gasteiger charge is 2.32. The van der Waals surface area contributed by atoms with Gasteiger partial charge in [0.25, 0.3) is 0 Å². The van der Waals surface area contributed by atoms with Gasteiger partial charge in [0, 0.05) is 18.2 Å². The fourth-order valence-corrected chi connectivity index (χ4v) is 3.13. The number of tetrazole rings is 1. The number of hydrogen-bond acceptors (Lipinski definition) is 6. The molecule has 1 heterocycles. The van der Waals surface area contributed by atoms with Crippen molar-refractivity contribution in [2.24, 2.45) is 0 Å². The molecule has 29 heavy (non-hydrogen) atoms. The van der Waals surface area contributed by atoms with Crippen LogP contribution in [0, 0.1) is 0 Å². The highest BCUT2D eigenvalue weighted by molar-refractivity contribution is 5.76. The molecule has 1 saturated carbocycles. The lowest BCUT2D eigenvalue weighted by Crippen LogP contribution is -2.35. The first-order chi connectivity index (χ1) is 14.2. The summed E-state index contributed by atoms with van der Waals surface area (Å²) in [7, 11) is 3.25. The van der Waals surface area contributed by atoms with Gasteiger partial charge >= 0.3 is 0 Å². The first-order valence-electron chi connectivity index (χ1n) is 9.51. The number of aromatic nitrogens is 4. The summed E-state index contributed by atoms with van der Waals surface area (Å²) in [6.45, 7) is 0.620. The van der Waals surface area contributed by atoms with Crippen LogP contribution < -0.4 is 9.47 Å². The number of nitrogens with zero attached hydrogens (tertiary/aromatic N) is 5. The van der Waals surface area contributed by atoms with Crippen LogP contribution in [-0.2, 0) is 17.9 Å². The zero-order chi connectivity index (χ0) is 20.2. The van der Waals surface area contributed by atoms with Crippen molar-refractivity contribution < 1.29 is 14.3 Å². The highest BCUT2D eigenvalue weighted by Crippen LogP contribution is 2.29. The first kappa shape index (κ1) is 18.9. The smallest absolute Gasteiger partial charge is 0.246 e. The van der Waals surface area contributed by atoms with Gasteiger partial charge in [-0.2, -0.15) is 4.80 Å². The number of hydrogen-bond donors (Lipinski definition) is 0. The number of amides is 1. The molecule has 1 aliphatic rings. The molecule has 2 aromatic carbocycles. The van der Waals surface area contributed by atoms with E-state index >= 15 is 0 Å². The van der Waals surface area contributed by atoms with Crippen LogP contribution in [0.5, 0.6) is 11.5 Å². The monoisotopic (exact) mass is 393 g/mol. The van der Waals surface area contributed by atoms with Crippen LogP contribution >= 0.6 is 0 Å². The van der Waals surface area contributed by atoms with Crippen molar-refractivity contribution in [2.75, 3.05) is 14.2 Å². The van der Waals surface area contributed by atoms with E-state index in [4.69, 9.17) is 9.47 Å². The van der Waals surface area contributed by atoms with Crippen molar-refractivity contribution in [2.45, 2.75) is 32.0 Å². The molecular formula is C21H23N5O3. The van der Waals surface area contributed by atoms with Gasteiger partial charge in [-0.25, -0.2) is 0 Å².